The van der Waals surface area contributed by atoms with Crippen molar-refractivity contribution in [2.75, 3.05) is 12.4 Å². The van der Waals surface area contributed by atoms with Gasteiger partial charge < -0.3 is 9.15 Å². The van der Waals surface area contributed by atoms with E-state index in [2.05, 4.69) is 21.6 Å². The molecule has 2 aromatic heterocycles. The van der Waals surface area contributed by atoms with Crippen LogP contribution in [0.1, 0.15) is 10.4 Å². The number of amides is 1. The van der Waals surface area contributed by atoms with Crippen molar-refractivity contribution in [3.8, 4) is 16.5 Å². The monoisotopic (exact) mass is 300 g/mol. The second-order valence-electron chi connectivity index (χ2n) is 3.97. The van der Waals surface area contributed by atoms with Crippen LogP contribution in [0.3, 0.4) is 0 Å². The molecule has 1 amide bonds. The van der Waals surface area contributed by atoms with Gasteiger partial charge in [0, 0.05) is 0 Å². The highest BCUT2D eigenvalue weighted by atomic mass is 32.1. The minimum absolute atomic E-state index is 0.0401. The van der Waals surface area contributed by atoms with E-state index in [-0.39, 0.29) is 11.9 Å². The molecule has 1 radical (unpaired) electrons. The third-order valence-electron chi connectivity index (χ3n) is 2.67. The van der Waals surface area contributed by atoms with Crippen LogP contribution in [-0.4, -0.2) is 23.2 Å². The Labute approximate surface area is 124 Å². The van der Waals surface area contributed by atoms with Crippen molar-refractivity contribution in [1.29, 1.82) is 0 Å². The molecule has 0 aliphatic rings. The minimum Gasteiger partial charge on any atom is -0.496 e. The summed E-state index contributed by atoms with van der Waals surface area (Å²) in [7, 11) is 1.49. The molecule has 1 aromatic carbocycles. The number of rotatable bonds is 4. The average molecular weight is 300 g/mol. The number of benzene rings is 1. The molecular formula is C14H10N3O3S. The van der Waals surface area contributed by atoms with Gasteiger partial charge in [0.15, 0.2) is 0 Å². The normalized spacial score (nSPS) is 10.3. The van der Waals surface area contributed by atoms with Gasteiger partial charge in [-0.25, -0.2) is 0 Å². The molecule has 6 nitrogen and oxygen atoms in total. The van der Waals surface area contributed by atoms with Crippen molar-refractivity contribution in [1.82, 2.24) is 10.2 Å². The van der Waals surface area contributed by atoms with Crippen molar-refractivity contribution < 1.29 is 13.9 Å². The number of thiophene rings is 1. The highest BCUT2D eigenvalue weighted by molar-refractivity contribution is 7.13. The lowest BCUT2D eigenvalue weighted by atomic mass is 10.2. The summed E-state index contributed by atoms with van der Waals surface area (Å²) in [5.41, 5.74) is 0.368. The number of hydrogen-bond acceptors (Lipinski definition) is 6. The summed E-state index contributed by atoms with van der Waals surface area (Å²) in [5, 5.41) is 12.1. The van der Waals surface area contributed by atoms with E-state index < -0.39 is 0 Å². The van der Waals surface area contributed by atoms with Crippen LogP contribution in [0.2, 0.25) is 0 Å². The Balaban J connectivity index is 1.79. The van der Waals surface area contributed by atoms with E-state index in [1.165, 1.54) is 18.4 Å². The van der Waals surface area contributed by atoms with E-state index in [1.807, 2.05) is 17.5 Å². The van der Waals surface area contributed by atoms with E-state index >= 15 is 0 Å². The summed E-state index contributed by atoms with van der Waals surface area (Å²) in [5.74, 6) is 0.406. The van der Waals surface area contributed by atoms with E-state index in [9.17, 15) is 4.79 Å². The van der Waals surface area contributed by atoms with Gasteiger partial charge in [0.05, 0.1) is 17.6 Å². The zero-order valence-electron chi connectivity index (χ0n) is 11.0. The Morgan fingerprint density at radius 2 is 2.33 bits per heavy atom. The van der Waals surface area contributed by atoms with Crippen LogP contribution in [-0.2, 0) is 0 Å². The van der Waals surface area contributed by atoms with Gasteiger partial charge in [-0.15, -0.1) is 16.4 Å². The molecule has 3 aromatic rings. The van der Waals surface area contributed by atoms with E-state index in [0.717, 1.165) is 4.88 Å². The molecule has 0 saturated carbocycles. The molecule has 0 fully saturated rings. The van der Waals surface area contributed by atoms with Crippen molar-refractivity contribution in [3.63, 3.8) is 0 Å². The van der Waals surface area contributed by atoms with Crippen LogP contribution in [0, 0.1) is 6.07 Å². The summed E-state index contributed by atoms with van der Waals surface area (Å²) in [4.78, 5) is 13.0. The van der Waals surface area contributed by atoms with E-state index in [0.29, 0.717) is 17.2 Å². The zero-order valence-corrected chi connectivity index (χ0v) is 11.8. The molecule has 7 heteroatoms. The molecule has 0 spiro atoms. The second kappa shape index (κ2) is 5.76. The van der Waals surface area contributed by atoms with Crippen LogP contribution in [0.25, 0.3) is 10.8 Å². The van der Waals surface area contributed by atoms with Gasteiger partial charge in [-0.3, -0.25) is 10.1 Å². The van der Waals surface area contributed by atoms with Crippen LogP contribution >= 0.6 is 11.3 Å². The van der Waals surface area contributed by atoms with Gasteiger partial charge in [-0.05, 0) is 29.6 Å². The number of nitrogens with one attached hydrogen (secondary N) is 1. The number of carbonyl (C=O) groups excluding carboxylic acids is 1. The number of aromatic nitrogens is 2. The Hall–Kier alpha value is -2.67. The molecule has 1 N–H and O–H groups in total. The quantitative estimate of drug-likeness (QED) is 0.801. The molecule has 3 rings (SSSR count). The molecule has 21 heavy (non-hydrogen) atoms. The Morgan fingerprint density at radius 3 is 3.10 bits per heavy atom. The fourth-order valence-corrected chi connectivity index (χ4v) is 2.35. The minimum atomic E-state index is -0.387. The fourth-order valence-electron chi connectivity index (χ4n) is 1.71. The van der Waals surface area contributed by atoms with Gasteiger partial charge in [0.1, 0.15) is 5.75 Å². The first kappa shape index (κ1) is 13.3. The third kappa shape index (κ3) is 2.77. The molecule has 0 bridgehead atoms. The third-order valence-corrected chi connectivity index (χ3v) is 3.53. The van der Waals surface area contributed by atoms with Crippen LogP contribution < -0.4 is 10.1 Å². The molecular weight excluding hydrogens is 290 g/mol. The SMILES string of the molecule is COc1c[c]ccc1C(=O)Nc1nnc(-c2cccs2)o1. The van der Waals surface area contributed by atoms with E-state index in [1.54, 1.807) is 18.2 Å². The summed E-state index contributed by atoms with van der Waals surface area (Å²) in [6, 6.07) is 11.4. The molecule has 0 aliphatic heterocycles. The predicted molar refractivity (Wildman–Crippen MR) is 77.4 cm³/mol. The first-order valence-corrected chi connectivity index (χ1v) is 6.88. The molecule has 0 aliphatic carbocycles. The Kier molecular flexibility index (Phi) is 3.65. The predicted octanol–water partition coefficient (Wildman–Crippen LogP) is 2.86. The number of hydrogen-bond donors (Lipinski definition) is 1. The highest BCUT2D eigenvalue weighted by Crippen LogP contribution is 2.25. The van der Waals surface area contributed by atoms with Gasteiger partial charge in [-0.1, -0.05) is 17.2 Å². The Morgan fingerprint density at radius 1 is 1.43 bits per heavy atom. The molecule has 0 atom stereocenters. The lowest BCUT2D eigenvalue weighted by Gasteiger charge is -2.06. The van der Waals surface area contributed by atoms with E-state index in [4.69, 9.17) is 9.15 Å². The first-order chi connectivity index (χ1) is 10.3. The van der Waals surface area contributed by atoms with Crippen molar-refractivity contribution in [2.45, 2.75) is 0 Å². The molecule has 0 unspecified atom stereocenters. The van der Waals surface area contributed by atoms with Gasteiger partial charge in [-0.2, -0.15) is 0 Å². The van der Waals surface area contributed by atoms with Crippen LogP contribution in [0.4, 0.5) is 6.01 Å². The smallest absolute Gasteiger partial charge is 0.322 e. The van der Waals surface area contributed by atoms with Gasteiger partial charge >= 0.3 is 6.01 Å². The van der Waals surface area contributed by atoms with Crippen LogP contribution in [0.5, 0.6) is 5.75 Å². The van der Waals surface area contributed by atoms with Crippen molar-refractivity contribution in [2.24, 2.45) is 0 Å². The number of ether oxygens (including phenoxy) is 1. The molecule has 2 heterocycles. The van der Waals surface area contributed by atoms with Crippen LogP contribution in [0.15, 0.2) is 40.1 Å². The zero-order chi connectivity index (χ0) is 14.7. The maximum Gasteiger partial charge on any atom is 0.322 e. The maximum atomic E-state index is 12.2. The first-order valence-electron chi connectivity index (χ1n) is 6.01. The van der Waals surface area contributed by atoms with Crippen molar-refractivity contribution in [3.05, 3.63) is 47.3 Å². The van der Waals surface area contributed by atoms with Gasteiger partial charge in [0.2, 0.25) is 0 Å². The summed E-state index contributed by atoms with van der Waals surface area (Å²) in [6.45, 7) is 0. The topological polar surface area (TPSA) is 77.2 Å². The number of anilines is 1. The summed E-state index contributed by atoms with van der Waals surface area (Å²) in [6.07, 6.45) is 0. The lowest BCUT2D eigenvalue weighted by Crippen LogP contribution is -2.13. The highest BCUT2D eigenvalue weighted by Gasteiger charge is 2.16. The average Bonchev–Trinajstić information content (AvgIpc) is 3.17. The van der Waals surface area contributed by atoms with Gasteiger partial charge in [0.25, 0.3) is 11.8 Å². The van der Waals surface area contributed by atoms with Crippen molar-refractivity contribution >= 4 is 23.3 Å². The summed E-state index contributed by atoms with van der Waals surface area (Å²) < 4.78 is 10.5. The second-order valence-corrected chi connectivity index (χ2v) is 4.92. The maximum absolute atomic E-state index is 12.2. The largest absolute Gasteiger partial charge is 0.496 e. The lowest BCUT2D eigenvalue weighted by molar-refractivity contribution is 0.102. The fraction of sp³-hybridized carbons (Fsp3) is 0.0714. The standard InChI is InChI=1S/C14H10N3O3S/c1-19-10-6-3-2-5-9(10)12(18)15-14-17-16-13(20-14)11-7-4-8-21-11/h2,4-8H,1H3,(H,15,17,18). The molecule has 0 saturated heterocycles. The summed E-state index contributed by atoms with van der Waals surface area (Å²) >= 11 is 1.48. The molecule has 105 valence electrons. The Bertz CT molecular complexity index is 752. The number of carbonyl (C=O) groups is 1. The number of nitrogens with zero attached hydrogens (tertiary/aromatic N) is 2. The number of methoxy groups -OCH3 is 1.